The Morgan fingerprint density at radius 3 is 2.28 bits per heavy atom. The van der Waals surface area contributed by atoms with Crippen molar-refractivity contribution in [3.8, 4) is 0 Å². The molecule has 2 aromatic rings. The molecule has 4 unspecified atom stereocenters. The third kappa shape index (κ3) is 12.1. The Morgan fingerprint density at radius 2 is 1.70 bits per heavy atom. The Bertz CT molecular complexity index is 1290. The van der Waals surface area contributed by atoms with Gasteiger partial charge in [0, 0.05) is 44.4 Å². The Balaban J connectivity index is 2.35. The number of nitrogens with one attached hydrogen (secondary N) is 2. The van der Waals surface area contributed by atoms with Gasteiger partial charge in [0.15, 0.2) is 0 Å². The molecule has 17 heteroatoms. The van der Waals surface area contributed by atoms with Gasteiger partial charge in [-0.15, -0.1) is 47.0 Å². The van der Waals surface area contributed by atoms with Crippen molar-refractivity contribution >= 4 is 76.9 Å². The molecule has 2 aromatic heterocycles. The number of carboxylic acids is 1. The van der Waals surface area contributed by atoms with Gasteiger partial charge in [0.1, 0.15) is 35.8 Å². The van der Waals surface area contributed by atoms with Gasteiger partial charge in [-0.1, -0.05) is 0 Å². The Morgan fingerprint density at radius 1 is 1.00 bits per heavy atom. The number of rotatable bonds is 19. The molecule has 0 aliphatic heterocycles. The van der Waals surface area contributed by atoms with E-state index in [0.29, 0.717) is 27.9 Å². The molecule has 4 N–H and O–H groups in total. The summed E-state index contributed by atoms with van der Waals surface area (Å²) in [6, 6.07) is 2.28. The van der Waals surface area contributed by atoms with Gasteiger partial charge in [0.05, 0.1) is 32.9 Å². The van der Waals surface area contributed by atoms with Crippen LogP contribution in [0.2, 0.25) is 0 Å². The number of ketones is 1. The van der Waals surface area contributed by atoms with E-state index >= 15 is 0 Å². The van der Waals surface area contributed by atoms with Crippen molar-refractivity contribution in [1.82, 2.24) is 30.6 Å². The number of hydrogen-bond acceptors (Lipinski definition) is 14. The molecule has 0 saturated heterocycles. The fraction of sp³-hybridized carbons (Fsp3) is 0.500. The molecule has 0 saturated carbocycles. The number of carboxylic acid groups (broad SMARTS) is 1. The van der Waals surface area contributed by atoms with E-state index in [4.69, 9.17) is 0 Å². The predicted octanol–water partition coefficient (Wildman–Crippen LogP) is 1.96. The van der Waals surface area contributed by atoms with Gasteiger partial charge < -0.3 is 25.6 Å². The van der Waals surface area contributed by atoms with Gasteiger partial charge in [-0.25, -0.2) is 24.7 Å². The average Bonchev–Trinajstić information content (AvgIpc) is 2.99. The number of aliphatic carboxylic acids is 1. The second kappa shape index (κ2) is 18.2. The van der Waals surface area contributed by atoms with Gasteiger partial charge in [0.2, 0.25) is 11.8 Å². The van der Waals surface area contributed by atoms with Crippen LogP contribution in [0.4, 0.5) is 0 Å². The van der Waals surface area contributed by atoms with Gasteiger partial charge in [-0.05, 0) is 24.6 Å². The summed E-state index contributed by atoms with van der Waals surface area (Å²) >= 11 is 5.11. The summed E-state index contributed by atoms with van der Waals surface area (Å²) < 4.78 is 0. The Hall–Kier alpha value is -2.73. The van der Waals surface area contributed by atoms with E-state index in [1.54, 1.807) is 18.3 Å². The molecular formula is C26H34N6O7S4. The molecule has 0 bridgehead atoms. The number of aldehydes is 1. The monoisotopic (exact) mass is 670 g/mol. The van der Waals surface area contributed by atoms with E-state index in [9.17, 15) is 34.2 Å². The van der Waals surface area contributed by atoms with Crippen molar-refractivity contribution in [3.63, 3.8) is 0 Å². The third-order valence-corrected chi connectivity index (χ3v) is 9.87. The van der Waals surface area contributed by atoms with E-state index in [0.717, 1.165) is 11.8 Å². The zero-order chi connectivity index (χ0) is 32.0. The quantitative estimate of drug-likeness (QED) is 0.0959. The standard InChI is InChI=1S/C26H34N6O7S4/c1-15(35)30-19(25(38)39)10-42-20(18-9-23(41-4)29-14-28-18)7-17(37)8-21(24-27-6-5-22(31-24)40-3)43-13-26(11-33,12-34)32-16(2)36/h5-6,9,11,14,19-21,34H,7-8,10,12-13H2,1-4H3,(H,30,35)(H,32,36)(H,38,39). The topological polar surface area (TPSA) is 201 Å². The Kier molecular flexibility index (Phi) is 15.4. The van der Waals surface area contributed by atoms with E-state index in [2.05, 4.69) is 30.6 Å². The lowest BCUT2D eigenvalue weighted by Gasteiger charge is -2.28. The first-order chi connectivity index (χ1) is 20.4. The maximum Gasteiger partial charge on any atom is 0.327 e. The molecule has 234 valence electrons. The van der Waals surface area contributed by atoms with E-state index in [1.807, 2.05) is 12.5 Å². The lowest BCUT2D eigenvalue weighted by molar-refractivity contribution is -0.140. The number of carbonyl (C=O) groups excluding carboxylic acids is 4. The number of Topliss-reactive ketones (excluding diaryl/α,β-unsaturated/α-hetero) is 1. The molecule has 0 radical (unpaired) electrons. The molecular weight excluding hydrogens is 637 g/mol. The molecule has 0 aliphatic rings. The van der Waals surface area contributed by atoms with Crippen LogP contribution >= 0.6 is 47.0 Å². The van der Waals surface area contributed by atoms with Crippen LogP contribution in [0.1, 0.15) is 48.7 Å². The number of amides is 2. The zero-order valence-corrected chi connectivity index (χ0v) is 27.3. The van der Waals surface area contributed by atoms with Crippen LogP contribution in [0.3, 0.4) is 0 Å². The number of aliphatic hydroxyl groups is 1. The molecule has 43 heavy (non-hydrogen) atoms. The summed E-state index contributed by atoms with van der Waals surface area (Å²) in [7, 11) is 0. The second-order valence-corrected chi connectivity index (χ2v) is 13.3. The number of aliphatic hydroxyl groups excluding tert-OH is 1. The molecule has 0 spiro atoms. The number of aromatic nitrogens is 4. The van der Waals surface area contributed by atoms with Crippen molar-refractivity contribution in [2.75, 3.05) is 30.6 Å². The largest absolute Gasteiger partial charge is 0.480 e. The zero-order valence-electron chi connectivity index (χ0n) is 24.0. The van der Waals surface area contributed by atoms with Crippen molar-refractivity contribution in [2.45, 2.75) is 58.8 Å². The van der Waals surface area contributed by atoms with Gasteiger partial charge in [0.25, 0.3) is 0 Å². The number of hydrogen-bond donors (Lipinski definition) is 4. The number of nitrogens with zero attached hydrogens (tertiary/aromatic N) is 4. The number of carbonyl (C=O) groups is 5. The highest BCUT2D eigenvalue weighted by Gasteiger charge is 2.33. The first kappa shape index (κ1) is 36.5. The van der Waals surface area contributed by atoms with Crippen molar-refractivity contribution in [2.24, 2.45) is 0 Å². The molecule has 4 atom stereocenters. The molecule has 0 aliphatic carbocycles. The smallest absolute Gasteiger partial charge is 0.327 e. The molecule has 2 heterocycles. The van der Waals surface area contributed by atoms with Gasteiger partial charge in [-0.3, -0.25) is 14.4 Å². The van der Waals surface area contributed by atoms with Crippen LogP contribution in [-0.4, -0.2) is 102 Å². The lowest BCUT2D eigenvalue weighted by atomic mass is 10.1. The third-order valence-electron chi connectivity index (χ3n) is 5.79. The summed E-state index contributed by atoms with van der Waals surface area (Å²) in [5, 5.41) is 24.5. The summed E-state index contributed by atoms with van der Waals surface area (Å²) in [4.78, 5) is 77.9. The SMILES string of the molecule is CSc1cc(C(CC(=O)CC(SCC(C=O)(CO)NC(C)=O)c2nccc(SC)n2)SCC(NC(C)=O)C(=O)O)ncn1. The molecule has 2 amide bonds. The average molecular weight is 671 g/mol. The minimum Gasteiger partial charge on any atom is -0.480 e. The Labute approximate surface area is 266 Å². The highest BCUT2D eigenvalue weighted by Crippen LogP contribution is 2.37. The second-order valence-electron chi connectivity index (χ2n) is 9.22. The van der Waals surface area contributed by atoms with Crippen LogP contribution in [0.5, 0.6) is 0 Å². The molecule has 2 rings (SSSR count). The lowest BCUT2D eigenvalue weighted by Crippen LogP contribution is -2.54. The highest BCUT2D eigenvalue weighted by molar-refractivity contribution is 8.00. The summed E-state index contributed by atoms with van der Waals surface area (Å²) in [5.74, 6) is -2.13. The molecule has 0 aromatic carbocycles. The summed E-state index contributed by atoms with van der Waals surface area (Å²) in [6.07, 6.45) is 7.00. The van der Waals surface area contributed by atoms with Crippen LogP contribution < -0.4 is 10.6 Å². The maximum atomic E-state index is 13.6. The maximum absolute atomic E-state index is 13.6. The first-order valence-electron chi connectivity index (χ1n) is 12.8. The fourth-order valence-corrected chi connectivity index (χ4v) is 7.01. The molecule has 13 nitrogen and oxygen atoms in total. The van der Waals surface area contributed by atoms with E-state index in [1.165, 1.54) is 55.5 Å². The van der Waals surface area contributed by atoms with Gasteiger partial charge in [-0.2, -0.15) is 0 Å². The minimum absolute atomic E-state index is 0.0163. The highest BCUT2D eigenvalue weighted by atomic mass is 32.2. The van der Waals surface area contributed by atoms with Crippen molar-refractivity contribution in [3.05, 3.63) is 36.2 Å². The van der Waals surface area contributed by atoms with Crippen molar-refractivity contribution in [1.29, 1.82) is 0 Å². The minimum atomic E-state index is -1.56. The predicted molar refractivity (Wildman–Crippen MR) is 167 cm³/mol. The fourth-order valence-electron chi connectivity index (χ4n) is 3.69. The van der Waals surface area contributed by atoms with Crippen LogP contribution in [0, 0.1) is 0 Å². The summed E-state index contributed by atoms with van der Waals surface area (Å²) in [6.45, 7) is 1.82. The molecule has 0 fully saturated rings. The van der Waals surface area contributed by atoms with Gasteiger partial charge >= 0.3 is 5.97 Å². The first-order valence-corrected chi connectivity index (χ1v) is 17.3. The van der Waals surface area contributed by atoms with Crippen LogP contribution in [0.15, 0.2) is 34.7 Å². The van der Waals surface area contributed by atoms with E-state index < -0.39 is 46.5 Å². The van der Waals surface area contributed by atoms with E-state index in [-0.39, 0.29) is 30.1 Å². The van der Waals surface area contributed by atoms with Crippen LogP contribution in [-0.2, 0) is 24.0 Å². The normalized spacial score (nSPS) is 14.5. The van der Waals surface area contributed by atoms with Crippen LogP contribution in [0.25, 0.3) is 0 Å². The van der Waals surface area contributed by atoms with Crippen molar-refractivity contribution < 1.29 is 34.2 Å². The summed E-state index contributed by atoms with van der Waals surface area (Å²) in [5.41, 5.74) is -1.03. The number of thioether (sulfide) groups is 4.